The first-order valence-corrected chi connectivity index (χ1v) is 22.7. The van der Waals surface area contributed by atoms with Gasteiger partial charge in [-0.2, -0.15) is 0 Å². The molecule has 69 heavy (non-hydrogen) atoms. The fourth-order valence-corrected chi connectivity index (χ4v) is 9.62. The number of aryl methyl sites for hydroxylation is 3. The summed E-state index contributed by atoms with van der Waals surface area (Å²) in [7, 11) is 0. The topological polar surface area (TPSA) is 120 Å². The molecule has 0 N–H and O–H groups in total. The van der Waals surface area contributed by atoms with Gasteiger partial charge in [0.25, 0.3) is 11.8 Å². The smallest absolute Gasteiger partial charge is 0.268 e. The maximum absolute atomic E-state index is 14.9. The van der Waals surface area contributed by atoms with Gasteiger partial charge >= 0.3 is 0 Å². The van der Waals surface area contributed by atoms with Gasteiger partial charge in [0, 0.05) is 44.2 Å². The zero-order chi connectivity index (χ0) is 46.8. The predicted molar refractivity (Wildman–Crippen MR) is 272 cm³/mol. The van der Waals surface area contributed by atoms with Crippen LogP contribution < -0.4 is 4.90 Å². The molecular formula is C59H40N8O2. The van der Waals surface area contributed by atoms with Crippen molar-refractivity contribution in [2.75, 3.05) is 4.90 Å². The third-order valence-electron chi connectivity index (χ3n) is 12.7. The monoisotopic (exact) mass is 892 g/mol. The Bertz CT molecular complexity index is 3530. The van der Waals surface area contributed by atoms with Crippen molar-refractivity contribution in [3.63, 3.8) is 0 Å². The van der Waals surface area contributed by atoms with Crippen LogP contribution in [-0.2, 0) is 0 Å². The summed E-state index contributed by atoms with van der Waals surface area (Å²) >= 11 is 0. The molecule has 11 aromatic rings. The summed E-state index contributed by atoms with van der Waals surface area (Å²) < 4.78 is 2.08. The van der Waals surface area contributed by atoms with Crippen LogP contribution in [0.1, 0.15) is 37.4 Å². The Labute approximate surface area is 397 Å². The molecule has 3 aromatic heterocycles. The van der Waals surface area contributed by atoms with Crippen LogP contribution in [0.15, 0.2) is 188 Å². The maximum atomic E-state index is 14.9. The van der Waals surface area contributed by atoms with E-state index >= 15 is 0 Å². The highest BCUT2D eigenvalue weighted by Gasteiger charge is 2.40. The average molecular weight is 893 g/mol. The molecule has 1 aliphatic rings. The molecular weight excluding hydrogens is 853 g/mol. The van der Waals surface area contributed by atoms with Crippen LogP contribution >= 0.6 is 0 Å². The molecule has 0 radical (unpaired) electrons. The Morgan fingerprint density at radius 2 is 0.739 bits per heavy atom. The Kier molecular flexibility index (Phi) is 9.88. The number of fused-ring (bicyclic) bond motifs is 4. The summed E-state index contributed by atoms with van der Waals surface area (Å²) in [5.41, 5.74) is 11.3. The van der Waals surface area contributed by atoms with E-state index in [4.69, 9.17) is 29.9 Å². The molecule has 0 saturated heterocycles. The Morgan fingerprint density at radius 3 is 1.13 bits per heavy atom. The van der Waals surface area contributed by atoms with Gasteiger partial charge in [-0.15, -0.1) is 0 Å². The highest BCUT2D eigenvalue weighted by molar-refractivity contribution is 6.36. The summed E-state index contributed by atoms with van der Waals surface area (Å²) in [6.45, 7) is 5.90. The third kappa shape index (κ3) is 7.13. The summed E-state index contributed by atoms with van der Waals surface area (Å²) in [5, 5.41) is 1.73. The van der Waals surface area contributed by atoms with Crippen molar-refractivity contribution < 1.29 is 9.59 Å². The number of anilines is 1. The van der Waals surface area contributed by atoms with Gasteiger partial charge in [0.15, 0.2) is 34.9 Å². The van der Waals surface area contributed by atoms with Gasteiger partial charge in [-0.3, -0.25) is 9.59 Å². The van der Waals surface area contributed by atoms with Crippen LogP contribution in [0.5, 0.6) is 0 Å². The number of benzene rings is 8. The molecule has 0 atom stereocenters. The van der Waals surface area contributed by atoms with E-state index in [9.17, 15) is 9.59 Å². The van der Waals surface area contributed by atoms with E-state index in [2.05, 4.69) is 16.7 Å². The van der Waals surface area contributed by atoms with Crippen molar-refractivity contribution >= 4 is 39.3 Å². The van der Waals surface area contributed by atoms with E-state index in [1.165, 1.54) is 4.90 Å². The van der Waals surface area contributed by atoms with Gasteiger partial charge in [0.2, 0.25) is 0 Å². The number of aromatic nitrogens is 7. The molecule has 0 fully saturated rings. The molecule has 2 amide bonds. The minimum Gasteiger partial charge on any atom is -0.308 e. The predicted octanol–water partition coefficient (Wildman–Crippen LogP) is 12.9. The molecule has 10 nitrogen and oxygen atoms in total. The van der Waals surface area contributed by atoms with E-state index in [1.54, 1.807) is 6.07 Å². The van der Waals surface area contributed by atoms with Crippen molar-refractivity contribution in [3.05, 3.63) is 216 Å². The van der Waals surface area contributed by atoms with Crippen LogP contribution in [0, 0.1) is 20.8 Å². The van der Waals surface area contributed by atoms with Crippen LogP contribution in [0.4, 0.5) is 5.69 Å². The molecule has 10 heteroatoms. The van der Waals surface area contributed by atoms with E-state index in [0.717, 1.165) is 71.9 Å². The second-order valence-electron chi connectivity index (χ2n) is 17.3. The third-order valence-corrected chi connectivity index (χ3v) is 12.7. The normalized spacial score (nSPS) is 12.3. The fourth-order valence-electron chi connectivity index (χ4n) is 9.62. The van der Waals surface area contributed by atoms with E-state index in [0.29, 0.717) is 57.4 Å². The molecule has 328 valence electrons. The Morgan fingerprint density at radius 1 is 0.362 bits per heavy atom. The molecule has 1 aliphatic heterocycles. The standard InChI is InChI=1S/C59H40N8O2/c1-35-31-36(2)51(37(3)32-35)67-58(68)44-25-16-26-49(50(44)59(67)69)66-47-29-27-42(56-62-52(38-17-8-4-9-18-38)60-53(63-56)39-19-10-5-11-20-39)33-45(47)46-34-43(28-30-48(46)66)57-64-54(40-21-12-6-13-22-40)61-55(65-57)41-23-14-7-15-24-41/h4-34H,1-3H3. The van der Waals surface area contributed by atoms with Crippen LogP contribution in [0.25, 0.3) is 95.8 Å². The van der Waals surface area contributed by atoms with Gasteiger partial charge in [-0.1, -0.05) is 145 Å². The van der Waals surface area contributed by atoms with Crippen molar-refractivity contribution in [2.24, 2.45) is 0 Å². The lowest BCUT2D eigenvalue weighted by Crippen LogP contribution is -2.31. The SMILES string of the molecule is Cc1cc(C)c(N2C(=O)c3cccc(-n4c5ccc(-c6nc(-c7ccccc7)nc(-c7ccccc7)n6)cc5c5cc(-c6nc(-c7ccccc7)nc(-c7ccccc7)n6)ccc54)c3C2=O)c(C)c1. The lowest BCUT2D eigenvalue weighted by molar-refractivity contribution is 0.0925. The molecule has 0 spiro atoms. The quantitative estimate of drug-likeness (QED) is 0.138. The van der Waals surface area contributed by atoms with Gasteiger partial charge in [0.1, 0.15) is 0 Å². The number of carbonyl (C=O) groups is 2. The lowest BCUT2D eigenvalue weighted by atomic mass is 10.0. The Balaban J connectivity index is 1.10. The lowest BCUT2D eigenvalue weighted by Gasteiger charge is -2.20. The number of imide groups is 1. The number of carbonyl (C=O) groups excluding carboxylic acids is 2. The molecule has 0 bridgehead atoms. The largest absolute Gasteiger partial charge is 0.308 e. The van der Waals surface area contributed by atoms with Crippen molar-refractivity contribution in [1.82, 2.24) is 34.5 Å². The summed E-state index contributed by atoms with van der Waals surface area (Å²) in [4.78, 5) is 60.8. The van der Waals surface area contributed by atoms with Gasteiger partial charge in [-0.05, 0) is 80.4 Å². The first-order chi connectivity index (χ1) is 33.8. The number of rotatable bonds is 8. The molecule has 0 aliphatic carbocycles. The molecule has 4 heterocycles. The fraction of sp³-hybridized carbons (Fsp3) is 0.0508. The van der Waals surface area contributed by atoms with E-state index in [-0.39, 0.29) is 11.8 Å². The summed E-state index contributed by atoms with van der Waals surface area (Å²) in [5.74, 6) is 2.48. The number of hydrogen-bond donors (Lipinski definition) is 0. The second-order valence-corrected chi connectivity index (χ2v) is 17.3. The summed E-state index contributed by atoms with van der Waals surface area (Å²) in [6, 6.07) is 61.4. The second kappa shape index (κ2) is 16.6. The van der Waals surface area contributed by atoms with Gasteiger partial charge < -0.3 is 4.57 Å². The van der Waals surface area contributed by atoms with Gasteiger partial charge in [0.05, 0.1) is 33.5 Å². The number of nitrogens with zero attached hydrogens (tertiary/aromatic N) is 8. The number of amides is 2. The molecule has 8 aromatic carbocycles. The first-order valence-electron chi connectivity index (χ1n) is 22.7. The van der Waals surface area contributed by atoms with Crippen LogP contribution in [0.2, 0.25) is 0 Å². The first kappa shape index (κ1) is 41.2. The molecule has 0 saturated carbocycles. The zero-order valence-corrected chi connectivity index (χ0v) is 37.8. The van der Waals surface area contributed by atoms with E-state index in [1.807, 2.05) is 191 Å². The van der Waals surface area contributed by atoms with Crippen LogP contribution in [-0.4, -0.2) is 46.3 Å². The van der Waals surface area contributed by atoms with E-state index < -0.39 is 0 Å². The van der Waals surface area contributed by atoms with Crippen LogP contribution in [0.3, 0.4) is 0 Å². The van der Waals surface area contributed by atoms with Crippen molar-refractivity contribution in [2.45, 2.75) is 20.8 Å². The zero-order valence-electron chi connectivity index (χ0n) is 37.8. The minimum absolute atomic E-state index is 0.337. The van der Waals surface area contributed by atoms with Crippen molar-refractivity contribution in [3.8, 4) is 74.0 Å². The Hall–Kier alpha value is -9.28. The average Bonchev–Trinajstić information content (AvgIpc) is 3.85. The van der Waals surface area contributed by atoms with Crippen molar-refractivity contribution in [1.29, 1.82) is 0 Å². The molecule has 12 rings (SSSR count). The highest BCUT2D eigenvalue weighted by Crippen LogP contribution is 2.41. The van der Waals surface area contributed by atoms with Gasteiger partial charge in [-0.25, -0.2) is 34.8 Å². The number of hydrogen-bond acceptors (Lipinski definition) is 8. The maximum Gasteiger partial charge on any atom is 0.268 e. The molecule has 0 unspecified atom stereocenters. The summed E-state index contributed by atoms with van der Waals surface area (Å²) in [6.07, 6.45) is 0. The minimum atomic E-state index is -0.372. The highest BCUT2D eigenvalue weighted by atomic mass is 16.2.